The number of phenols is 2. The molecule has 2 heterocycles. The molecule has 22 heteroatoms. The molecule has 0 spiro atoms. The number of rotatable bonds is 15. The molecule has 15 atom stereocenters. The van der Waals surface area contributed by atoms with Gasteiger partial charge in [-0.1, -0.05) is 12.1 Å². The molecular formula is C39H51NO21. The second-order valence-corrected chi connectivity index (χ2v) is 15.6. The van der Waals surface area contributed by atoms with Crippen LogP contribution in [-0.2, 0) is 30.2 Å². The van der Waals surface area contributed by atoms with Gasteiger partial charge in [0.2, 0.25) is 5.78 Å². The van der Waals surface area contributed by atoms with Crippen molar-refractivity contribution in [1.29, 1.82) is 0 Å². The minimum absolute atomic E-state index is 0.00887. The van der Waals surface area contributed by atoms with E-state index in [1.54, 1.807) is 0 Å². The van der Waals surface area contributed by atoms with Gasteiger partial charge in [0, 0.05) is 48.5 Å². The van der Waals surface area contributed by atoms with Crippen molar-refractivity contribution in [3.63, 3.8) is 0 Å². The molecule has 2 aliphatic carbocycles. The molecule has 0 unspecified atom stereocenters. The standard InChI is InChI=1S/C39H51NO21/c1-13-28(47)16(40-9-17(44)31(50)37(18(45)10-41)61-38-36(55)35(54)32(51)21(11-42)60-38)6-23(58-13)59-20-8-39(56,22(46)12-43)7-15-25(20)34(53)27-26(30(15)49)29(48)14-4-3-5-19(57-2)24(14)33(27)52/h3-5,13,16-18,20-21,23,28,31-32,35-38,40-45,47,49-51,53-56H,6-12H2,1-2H3/t13-,16-,17-,18+,20-,21+,23-,28+,31+,32-,35-,36+,37+,38-,39-/m0/s1. The van der Waals surface area contributed by atoms with E-state index in [4.69, 9.17) is 23.7 Å². The van der Waals surface area contributed by atoms with Crippen molar-refractivity contribution >= 4 is 17.3 Å². The van der Waals surface area contributed by atoms with Gasteiger partial charge in [-0.2, -0.15) is 0 Å². The molecule has 0 aromatic heterocycles. The quantitative estimate of drug-likeness (QED) is 0.0635. The van der Waals surface area contributed by atoms with Crippen LogP contribution >= 0.6 is 0 Å². The van der Waals surface area contributed by atoms with Crippen LogP contribution in [0.15, 0.2) is 18.2 Å². The number of carbonyl (C=O) groups is 3. The second kappa shape index (κ2) is 18.5. The van der Waals surface area contributed by atoms with Gasteiger partial charge in [-0.05, 0) is 13.0 Å². The first-order valence-electron chi connectivity index (χ1n) is 19.4. The number of nitrogens with one attached hydrogen (secondary N) is 1. The van der Waals surface area contributed by atoms with Crippen molar-refractivity contribution in [3.8, 4) is 17.2 Å². The zero-order valence-electron chi connectivity index (χ0n) is 32.8. The van der Waals surface area contributed by atoms with Crippen molar-refractivity contribution < 1.29 is 104 Å². The van der Waals surface area contributed by atoms with Gasteiger partial charge in [0.25, 0.3) is 0 Å². The molecule has 4 aliphatic rings. The molecule has 2 aromatic carbocycles. The molecule has 0 saturated carbocycles. The summed E-state index contributed by atoms with van der Waals surface area (Å²) in [6.45, 7) is -2.12. The number of hydrogen-bond donors (Lipinski definition) is 14. The van der Waals surface area contributed by atoms with Gasteiger partial charge in [0.05, 0.1) is 61.4 Å². The SMILES string of the molecule is COc1cccc2c1C(=O)c1c(O)c3c(c(O)c1C2=O)C[C@@](O)(C(=O)CO)C[C@@H]3O[C@H]1C[C@H](NC[C@H](O)[C@@H](O)[C@H](O[C@@H]2O[C@H](CO)[C@H](O)[C@H](O)[C@H]2O)[C@H](O)CO)[C@H](O)[C@H](C)O1. The molecule has 2 fully saturated rings. The Balaban J connectivity index is 1.24. The van der Waals surface area contributed by atoms with Gasteiger partial charge in [-0.25, -0.2) is 0 Å². The molecule has 6 rings (SSSR count). The monoisotopic (exact) mass is 869 g/mol. The molecule has 61 heavy (non-hydrogen) atoms. The fourth-order valence-corrected chi connectivity index (χ4v) is 8.37. The minimum atomic E-state index is -2.43. The number of hydrogen-bond acceptors (Lipinski definition) is 22. The smallest absolute Gasteiger partial charge is 0.202 e. The van der Waals surface area contributed by atoms with Crippen LogP contribution in [0.2, 0.25) is 0 Å². The van der Waals surface area contributed by atoms with Gasteiger partial charge >= 0.3 is 0 Å². The zero-order chi connectivity index (χ0) is 44.8. The number of Topliss-reactive ketones (excluding diaryl/α,β-unsaturated/α-hetero) is 1. The second-order valence-electron chi connectivity index (χ2n) is 15.6. The number of carbonyl (C=O) groups excluding carboxylic acids is 3. The molecule has 0 radical (unpaired) electrons. The fraction of sp³-hybridized carbons (Fsp3) is 0.615. The molecule has 2 aromatic rings. The molecule has 14 N–H and O–H groups in total. The predicted molar refractivity (Wildman–Crippen MR) is 199 cm³/mol. The topological polar surface area (TPSA) is 372 Å². The van der Waals surface area contributed by atoms with E-state index in [9.17, 15) is 80.8 Å². The summed E-state index contributed by atoms with van der Waals surface area (Å²) in [5, 5.41) is 141. The van der Waals surface area contributed by atoms with Crippen LogP contribution in [0.25, 0.3) is 0 Å². The summed E-state index contributed by atoms with van der Waals surface area (Å²) in [7, 11) is 1.27. The number of ketones is 3. The molecular weight excluding hydrogens is 818 g/mol. The molecule has 0 amide bonds. The number of benzene rings is 2. The highest BCUT2D eigenvalue weighted by Crippen LogP contribution is 2.52. The normalized spacial score (nSPS) is 33.2. The third-order valence-electron chi connectivity index (χ3n) is 11.8. The molecule has 2 saturated heterocycles. The van der Waals surface area contributed by atoms with E-state index in [2.05, 4.69) is 5.32 Å². The van der Waals surface area contributed by atoms with E-state index in [1.807, 2.05) is 0 Å². The Morgan fingerprint density at radius 1 is 0.918 bits per heavy atom. The Hall–Kier alpha value is -3.79. The first-order valence-corrected chi connectivity index (χ1v) is 19.4. The lowest BCUT2D eigenvalue weighted by Gasteiger charge is -2.43. The van der Waals surface area contributed by atoms with Crippen LogP contribution in [0, 0.1) is 0 Å². The van der Waals surface area contributed by atoms with Gasteiger partial charge in [0.15, 0.2) is 24.1 Å². The summed E-state index contributed by atoms with van der Waals surface area (Å²) in [4.78, 5) is 40.7. The Bertz CT molecular complexity index is 1960. The lowest BCUT2D eigenvalue weighted by molar-refractivity contribution is -0.327. The highest BCUT2D eigenvalue weighted by molar-refractivity contribution is 6.31. The van der Waals surface area contributed by atoms with Crippen LogP contribution in [0.4, 0.5) is 0 Å². The van der Waals surface area contributed by atoms with Crippen molar-refractivity contribution in [2.24, 2.45) is 0 Å². The van der Waals surface area contributed by atoms with E-state index >= 15 is 0 Å². The Kier molecular flexibility index (Phi) is 14.2. The predicted octanol–water partition coefficient (Wildman–Crippen LogP) is -5.11. The van der Waals surface area contributed by atoms with Crippen molar-refractivity contribution in [3.05, 3.63) is 51.6 Å². The van der Waals surface area contributed by atoms with Crippen LogP contribution in [0.5, 0.6) is 17.2 Å². The Morgan fingerprint density at radius 2 is 1.61 bits per heavy atom. The van der Waals surface area contributed by atoms with Gasteiger partial charge in [-0.15, -0.1) is 0 Å². The number of ether oxygens (including phenoxy) is 5. The first-order chi connectivity index (χ1) is 28.8. The van der Waals surface area contributed by atoms with Crippen molar-refractivity contribution in [2.75, 3.05) is 33.5 Å². The van der Waals surface area contributed by atoms with Crippen LogP contribution in [0.1, 0.15) is 68.8 Å². The first kappa shape index (κ1) is 46.7. The lowest BCUT2D eigenvalue weighted by atomic mass is 9.72. The fourth-order valence-electron chi connectivity index (χ4n) is 8.37. The van der Waals surface area contributed by atoms with Gasteiger partial charge < -0.3 is 95.4 Å². The summed E-state index contributed by atoms with van der Waals surface area (Å²) in [5.41, 5.74) is -4.54. The molecule has 0 bridgehead atoms. The average molecular weight is 870 g/mol. The number of aliphatic hydroxyl groups excluding tert-OH is 10. The van der Waals surface area contributed by atoms with Crippen LogP contribution in [-0.4, -0.2) is 202 Å². The van der Waals surface area contributed by atoms with E-state index in [0.717, 1.165) is 0 Å². The van der Waals surface area contributed by atoms with Crippen molar-refractivity contribution in [2.45, 2.75) is 118 Å². The Labute approximate surface area is 346 Å². The van der Waals surface area contributed by atoms with E-state index in [0.29, 0.717) is 0 Å². The number of aromatic hydroxyl groups is 2. The Morgan fingerprint density at radius 3 is 2.25 bits per heavy atom. The highest BCUT2D eigenvalue weighted by atomic mass is 16.7. The zero-order valence-corrected chi connectivity index (χ0v) is 32.8. The average Bonchev–Trinajstić information content (AvgIpc) is 3.24. The number of methoxy groups -OCH3 is 1. The third-order valence-corrected chi connectivity index (χ3v) is 11.8. The number of aliphatic hydroxyl groups is 11. The van der Waals surface area contributed by atoms with E-state index in [1.165, 1.54) is 32.2 Å². The van der Waals surface area contributed by atoms with Crippen LogP contribution in [0.3, 0.4) is 0 Å². The minimum Gasteiger partial charge on any atom is -0.507 e. The summed E-state index contributed by atoms with van der Waals surface area (Å²) in [6, 6.07) is 3.15. The lowest BCUT2D eigenvalue weighted by Crippen LogP contribution is -2.62. The van der Waals surface area contributed by atoms with Crippen molar-refractivity contribution in [1.82, 2.24) is 5.32 Å². The highest BCUT2D eigenvalue weighted by Gasteiger charge is 2.51. The van der Waals surface area contributed by atoms with E-state index < -0.39 is 171 Å². The maximum Gasteiger partial charge on any atom is 0.202 e. The maximum atomic E-state index is 14.0. The summed E-state index contributed by atoms with van der Waals surface area (Å²) < 4.78 is 28.1. The summed E-state index contributed by atoms with van der Waals surface area (Å²) in [5.74, 6) is -4.46. The van der Waals surface area contributed by atoms with Crippen LogP contribution < -0.4 is 10.1 Å². The summed E-state index contributed by atoms with van der Waals surface area (Å²) in [6.07, 6.45) is -23.6. The number of phenolic OH excluding ortho intramolecular Hbond substituents is 2. The molecule has 338 valence electrons. The van der Waals surface area contributed by atoms with Gasteiger partial charge in [-0.3, -0.25) is 14.4 Å². The van der Waals surface area contributed by atoms with E-state index in [-0.39, 0.29) is 34.4 Å². The molecule has 22 nitrogen and oxygen atoms in total. The largest absolute Gasteiger partial charge is 0.507 e. The number of fused-ring (bicyclic) bond motifs is 3. The summed E-state index contributed by atoms with van der Waals surface area (Å²) >= 11 is 0. The maximum absolute atomic E-state index is 14.0. The molecule has 2 aliphatic heterocycles. The third kappa shape index (κ3) is 8.52. The van der Waals surface area contributed by atoms with Gasteiger partial charge in [0.1, 0.15) is 72.2 Å².